The van der Waals surface area contributed by atoms with Crippen LogP contribution in [-0.4, -0.2) is 55.1 Å². The van der Waals surface area contributed by atoms with Gasteiger partial charge in [0.25, 0.3) is 0 Å². The van der Waals surface area contributed by atoms with E-state index in [4.69, 9.17) is 14.2 Å². The minimum absolute atomic E-state index is 0.0486. The summed E-state index contributed by atoms with van der Waals surface area (Å²) in [6.45, 7) is 0.151. The Bertz CT molecular complexity index is 1120. The zero-order valence-electron chi connectivity index (χ0n) is 21.1. The van der Waals surface area contributed by atoms with Gasteiger partial charge >= 0.3 is 6.03 Å². The fourth-order valence-corrected chi connectivity index (χ4v) is 5.71. The van der Waals surface area contributed by atoms with Crippen molar-refractivity contribution in [3.05, 3.63) is 53.6 Å². The van der Waals surface area contributed by atoms with E-state index in [9.17, 15) is 14.7 Å². The van der Waals surface area contributed by atoms with E-state index in [1.54, 1.807) is 7.11 Å². The molecule has 0 radical (unpaired) electrons. The van der Waals surface area contributed by atoms with Gasteiger partial charge in [-0.3, -0.25) is 4.79 Å². The number of hydrogen-bond donors (Lipinski definition) is 4. The number of carbonyl (C=O) groups is 2. The Morgan fingerprint density at radius 2 is 1.95 bits per heavy atom. The summed E-state index contributed by atoms with van der Waals surface area (Å²) in [6.07, 6.45) is 3.84. The summed E-state index contributed by atoms with van der Waals surface area (Å²) in [7, 11) is 1.60. The molecule has 0 aromatic heterocycles. The van der Waals surface area contributed by atoms with Crippen LogP contribution in [0, 0.1) is 0 Å². The number of methoxy groups -OCH3 is 1. The first-order valence-corrected chi connectivity index (χ1v) is 13.1. The Morgan fingerprint density at radius 3 is 2.73 bits per heavy atom. The van der Waals surface area contributed by atoms with E-state index in [-0.39, 0.29) is 49.1 Å². The van der Waals surface area contributed by atoms with Gasteiger partial charge in [0.2, 0.25) is 5.91 Å². The van der Waals surface area contributed by atoms with Gasteiger partial charge < -0.3 is 35.3 Å². The Kier molecular flexibility index (Phi) is 7.81. The van der Waals surface area contributed by atoms with Crippen molar-refractivity contribution in [1.29, 1.82) is 0 Å². The van der Waals surface area contributed by atoms with Crippen LogP contribution >= 0.6 is 0 Å². The molecule has 0 unspecified atom stereocenters. The maximum absolute atomic E-state index is 12.8. The largest absolute Gasteiger partial charge is 0.496 e. The SMILES string of the molecule is COc1ccccc1CNC(=O)C[C@H]1C[C@@H]2c3cc(NC(=O)NC4CCCC4)ccc3O[C@@H]2[C@@H](CO)O1. The molecule has 4 atom stereocenters. The van der Waals surface area contributed by atoms with E-state index in [1.807, 2.05) is 42.5 Å². The van der Waals surface area contributed by atoms with Crippen molar-refractivity contribution in [1.82, 2.24) is 10.6 Å². The highest BCUT2D eigenvalue weighted by Crippen LogP contribution is 2.47. The molecule has 1 saturated heterocycles. The molecule has 4 N–H and O–H groups in total. The van der Waals surface area contributed by atoms with Crippen molar-refractivity contribution in [2.24, 2.45) is 0 Å². The summed E-state index contributed by atoms with van der Waals surface area (Å²) < 4.78 is 17.6. The lowest BCUT2D eigenvalue weighted by Crippen LogP contribution is -2.47. The molecule has 9 nitrogen and oxygen atoms in total. The van der Waals surface area contributed by atoms with Crippen LogP contribution in [-0.2, 0) is 16.1 Å². The number of benzene rings is 2. The highest BCUT2D eigenvalue weighted by molar-refractivity contribution is 5.89. The number of carbonyl (C=O) groups excluding carboxylic acids is 2. The lowest BCUT2D eigenvalue weighted by atomic mass is 9.84. The number of amides is 3. The number of rotatable bonds is 8. The standard InChI is InChI=1S/C28H35N3O6/c1-35-23-9-5-2-6-17(23)15-29-26(33)14-20-13-22-21-12-19(31-28(34)30-18-7-3-4-8-18)10-11-24(21)37-27(22)25(16-32)36-20/h2,5-6,9-12,18,20,22,25,27,32H,3-4,7-8,13-16H2,1H3,(H,29,33)(H2,30,31,34)/t20-,22-,25-,27+/m1/s1. The van der Waals surface area contributed by atoms with Crippen LogP contribution in [0.4, 0.5) is 10.5 Å². The predicted molar refractivity (Wildman–Crippen MR) is 138 cm³/mol. The highest BCUT2D eigenvalue weighted by Gasteiger charge is 2.46. The van der Waals surface area contributed by atoms with Gasteiger partial charge in [-0.2, -0.15) is 0 Å². The maximum Gasteiger partial charge on any atom is 0.319 e. The van der Waals surface area contributed by atoms with Crippen LogP contribution < -0.4 is 25.4 Å². The van der Waals surface area contributed by atoms with Crippen LogP contribution in [0.3, 0.4) is 0 Å². The zero-order valence-corrected chi connectivity index (χ0v) is 21.1. The highest BCUT2D eigenvalue weighted by atomic mass is 16.6. The Balaban J connectivity index is 1.22. The van der Waals surface area contributed by atoms with Crippen LogP contribution in [0.25, 0.3) is 0 Å². The van der Waals surface area contributed by atoms with Gasteiger partial charge in [-0.25, -0.2) is 4.79 Å². The molecule has 2 aliphatic heterocycles. The van der Waals surface area contributed by atoms with Crippen molar-refractivity contribution < 1.29 is 28.9 Å². The average Bonchev–Trinajstić information content (AvgIpc) is 3.54. The Labute approximate surface area is 216 Å². The summed E-state index contributed by atoms with van der Waals surface area (Å²) in [6, 6.07) is 13.2. The molecule has 37 heavy (non-hydrogen) atoms. The van der Waals surface area contributed by atoms with Gasteiger partial charge in [0, 0.05) is 35.3 Å². The van der Waals surface area contributed by atoms with Crippen LogP contribution in [0.2, 0.25) is 0 Å². The van der Waals surface area contributed by atoms with Gasteiger partial charge in [0.15, 0.2) is 0 Å². The van der Waals surface area contributed by atoms with Gasteiger partial charge in [0.1, 0.15) is 23.7 Å². The first kappa shape index (κ1) is 25.4. The molecule has 198 valence electrons. The van der Waals surface area contributed by atoms with E-state index >= 15 is 0 Å². The Morgan fingerprint density at radius 1 is 1.14 bits per heavy atom. The van der Waals surface area contributed by atoms with Crippen LogP contribution in [0.15, 0.2) is 42.5 Å². The van der Waals surface area contributed by atoms with Gasteiger partial charge in [-0.05, 0) is 43.5 Å². The molecule has 3 aliphatic rings. The van der Waals surface area contributed by atoms with Gasteiger partial charge in [-0.1, -0.05) is 31.0 Å². The maximum atomic E-state index is 12.8. The van der Waals surface area contributed by atoms with Crippen molar-refractivity contribution in [2.75, 3.05) is 19.0 Å². The molecule has 2 aromatic carbocycles. The fraction of sp³-hybridized carbons (Fsp3) is 0.500. The topological polar surface area (TPSA) is 118 Å². The lowest BCUT2D eigenvalue weighted by Gasteiger charge is -2.37. The third-order valence-electron chi connectivity index (χ3n) is 7.53. The van der Waals surface area contributed by atoms with E-state index in [0.717, 1.165) is 48.3 Å². The summed E-state index contributed by atoms with van der Waals surface area (Å²) in [5.41, 5.74) is 2.55. The van der Waals surface area contributed by atoms with Gasteiger partial charge in [0.05, 0.1) is 26.2 Å². The van der Waals surface area contributed by atoms with Crippen LogP contribution in [0.1, 0.15) is 55.6 Å². The number of fused-ring (bicyclic) bond motifs is 3. The number of para-hydroxylation sites is 1. The van der Waals surface area contributed by atoms with Crippen molar-refractivity contribution >= 4 is 17.6 Å². The molecule has 0 bridgehead atoms. The summed E-state index contributed by atoms with van der Waals surface area (Å²) >= 11 is 0. The van der Waals surface area contributed by atoms with E-state index in [2.05, 4.69) is 16.0 Å². The van der Waals surface area contributed by atoms with E-state index in [0.29, 0.717) is 18.7 Å². The Hall–Kier alpha value is -3.30. The molecule has 2 aromatic rings. The normalized spacial score (nSPS) is 24.5. The zero-order chi connectivity index (χ0) is 25.8. The number of nitrogens with one attached hydrogen (secondary N) is 3. The van der Waals surface area contributed by atoms with Crippen molar-refractivity contribution in [3.8, 4) is 11.5 Å². The number of hydrogen-bond acceptors (Lipinski definition) is 6. The van der Waals surface area contributed by atoms with E-state index in [1.165, 1.54) is 0 Å². The average molecular weight is 510 g/mol. The number of urea groups is 1. The first-order valence-electron chi connectivity index (χ1n) is 13.1. The smallest absolute Gasteiger partial charge is 0.319 e. The molecule has 2 fully saturated rings. The number of aliphatic hydroxyl groups excluding tert-OH is 1. The molecule has 3 amide bonds. The molecular weight excluding hydrogens is 474 g/mol. The molecule has 1 aliphatic carbocycles. The summed E-state index contributed by atoms with van der Waals surface area (Å²) in [5, 5.41) is 18.9. The fourth-order valence-electron chi connectivity index (χ4n) is 5.71. The number of aliphatic hydroxyl groups is 1. The third-order valence-corrected chi connectivity index (χ3v) is 7.53. The third kappa shape index (κ3) is 5.83. The van der Waals surface area contributed by atoms with Crippen LogP contribution in [0.5, 0.6) is 11.5 Å². The summed E-state index contributed by atoms with van der Waals surface area (Å²) in [5.74, 6) is 1.26. The molecule has 1 saturated carbocycles. The molecule has 9 heteroatoms. The second-order valence-corrected chi connectivity index (χ2v) is 10.0. The minimum Gasteiger partial charge on any atom is -0.496 e. The van der Waals surface area contributed by atoms with Gasteiger partial charge in [-0.15, -0.1) is 0 Å². The molecule has 0 spiro atoms. The number of anilines is 1. The monoisotopic (exact) mass is 509 g/mol. The first-order chi connectivity index (χ1) is 18.0. The van der Waals surface area contributed by atoms with Crippen molar-refractivity contribution in [3.63, 3.8) is 0 Å². The predicted octanol–water partition coefficient (Wildman–Crippen LogP) is 3.46. The number of ether oxygens (including phenoxy) is 3. The summed E-state index contributed by atoms with van der Waals surface area (Å²) in [4.78, 5) is 25.2. The minimum atomic E-state index is -0.541. The van der Waals surface area contributed by atoms with E-state index < -0.39 is 6.10 Å². The second kappa shape index (κ2) is 11.4. The molecule has 2 heterocycles. The molecule has 5 rings (SSSR count). The van der Waals surface area contributed by atoms with Crippen molar-refractivity contribution in [2.45, 2.75) is 75.3 Å². The quantitative estimate of drug-likeness (QED) is 0.433. The lowest BCUT2D eigenvalue weighted by molar-refractivity contribution is -0.142. The second-order valence-electron chi connectivity index (χ2n) is 10.0. The molecular formula is C28H35N3O6.